The molecule has 0 aliphatic carbocycles. The van der Waals surface area contributed by atoms with E-state index in [0.717, 1.165) is 22.1 Å². The number of rotatable bonds is 8. The average molecular weight is 459 g/mol. The van der Waals surface area contributed by atoms with Gasteiger partial charge >= 0.3 is 0 Å². The number of benzene rings is 2. The molecule has 0 aliphatic heterocycles. The van der Waals surface area contributed by atoms with E-state index >= 15 is 0 Å². The van der Waals surface area contributed by atoms with Gasteiger partial charge in [0.1, 0.15) is 6.33 Å². The first-order valence-electron chi connectivity index (χ1n) is 8.79. The Morgan fingerprint density at radius 2 is 2.10 bits per heavy atom. The normalized spacial score (nSPS) is 10.9. The topological polar surface area (TPSA) is 104 Å². The van der Waals surface area contributed by atoms with Crippen molar-refractivity contribution in [1.82, 2.24) is 25.6 Å². The van der Waals surface area contributed by atoms with E-state index in [1.807, 2.05) is 13.0 Å². The molecule has 1 aromatic heterocycles. The number of hydrazone groups is 1. The quantitative estimate of drug-likeness (QED) is 0.411. The molecule has 2 aromatic carbocycles. The standard InChI is InChI=1S/C19H19BrN6O3/c1-3-8-29-18-16(20)9-13(10-17(18)28-2)11-21-23-19(27)14-4-6-15(7-5-14)26-12-22-24-25-26/h4-7,9-12H,3,8H2,1-2H3,(H,23,27)/b21-11+. The number of halogens is 1. The van der Waals surface area contributed by atoms with E-state index in [2.05, 4.69) is 42.0 Å². The van der Waals surface area contributed by atoms with E-state index in [1.165, 1.54) is 17.2 Å². The number of carbonyl (C=O) groups excluding carboxylic acids is 1. The minimum atomic E-state index is -0.335. The van der Waals surface area contributed by atoms with Gasteiger partial charge in [-0.3, -0.25) is 4.79 Å². The molecule has 0 radical (unpaired) electrons. The smallest absolute Gasteiger partial charge is 0.271 e. The second-order valence-corrected chi connectivity index (χ2v) is 6.74. The van der Waals surface area contributed by atoms with E-state index in [4.69, 9.17) is 9.47 Å². The molecule has 0 saturated carbocycles. The van der Waals surface area contributed by atoms with Gasteiger partial charge in [-0.2, -0.15) is 5.10 Å². The number of hydrogen-bond acceptors (Lipinski definition) is 7. The van der Waals surface area contributed by atoms with Crippen molar-refractivity contribution < 1.29 is 14.3 Å². The molecule has 0 aliphatic rings. The third-order valence-electron chi connectivity index (χ3n) is 3.83. The monoisotopic (exact) mass is 458 g/mol. The summed E-state index contributed by atoms with van der Waals surface area (Å²) in [5, 5.41) is 15.0. The van der Waals surface area contributed by atoms with E-state index in [0.29, 0.717) is 23.7 Å². The highest BCUT2D eigenvalue weighted by Gasteiger charge is 2.11. The van der Waals surface area contributed by atoms with Crippen molar-refractivity contribution in [1.29, 1.82) is 0 Å². The molecule has 10 heteroatoms. The maximum atomic E-state index is 12.3. The average Bonchev–Trinajstić information content (AvgIpc) is 3.27. The summed E-state index contributed by atoms with van der Waals surface area (Å²) in [5.41, 5.74) is 4.45. The number of methoxy groups -OCH3 is 1. The van der Waals surface area contributed by atoms with Gasteiger partial charge in [0.15, 0.2) is 11.5 Å². The second kappa shape index (κ2) is 9.78. The Morgan fingerprint density at radius 1 is 1.31 bits per heavy atom. The summed E-state index contributed by atoms with van der Waals surface area (Å²) in [5.74, 6) is 0.885. The minimum absolute atomic E-state index is 0.335. The zero-order valence-electron chi connectivity index (χ0n) is 15.9. The molecule has 9 nitrogen and oxygen atoms in total. The summed E-state index contributed by atoms with van der Waals surface area (Å²) in [7, 11) is 1.57. The van der Waals surface area contributed by atoms with Gasteiger partial charge in [-0.25, -0.2) is 10.1 Å². The molecular formula is C19H19BrN6O3. The number of ether oxygens (including phenoxy) is 2. The highest BCUT2D eigenvalue weighted by atomic mass is 79.9. The first-order chi connectivity index (χ1) is 14.1. The Labute approximate surface area is 175 Å². The van der Waals surface area contributed by atoms with Crippen LogP contribution in [0.1, 0.15) is 29.3 Å². The summed E-state index contributed by atoms with van der Waals surface area (Å²) in [6.45, 7) is 2.62. The highest BCUT2D eigenvalue weighted by Crippen LogP contribution is 2.36. The van der Waals surface area contributed by atoms with Crippen LogP contribution in [0.15, 0.2) is 52.3 Å². The van der Waals surface area contributed by atoms with Gasteiger partial charge in [-0.05, 0) is 74.7 Å². The van der Waals surface area contributed by atoms with Crippen molar-refractivity contribution in [2.75, 3.05) is 13.7 Å². The van der Waals surface area contributed by atoms with Crippen LogP contribution < -0.4 is 14.9 Å². The molecule has 0 fully saturated rings. The summed E-state index contributed by atoms with van der Waals surface area (Å²) >= 11 is 3.48. The third-order valence-corrected chi connectivity index (χ3v) is 4.41. The maximum absolute atomic E-state index is 12.3. The lowest BCUT2D eigenvalue weighted by molar-refractivity contribution is 0.0955. The van der Waals surface area contributed by atoms with Gasteiger partial charge in [0.25, 0.3) is 5.91 Å². The Kier molecular flexibility index (Phi) is 6.90. The van der Waals surface area contributed by atoms with Crippen molar-refractivity contribution in [3.8, 4) is 17.2 Å². The largest absolute Gasteiger partial charge is 0.493 e. The predicted octanol–water partition coefficient (Wildman–Crippen LogP) is 2.99. The van der Waals surface area contributed by atoms with Gasteiger partial charge in [0, 0.05) is 5.56 Å². The Bertz CT molecular complexity index is 990. The van der Waals surface area contributed by atoms with Crippen LogP contribution in [0.25, 0.3) is 5.69 Å². The molecule has 1 amide bonds. The van der Waals surface area contributed by atoms with E-state index in [-0.39, 0.29) is 5.91 Å². The number of carbonyl (C=O) groups is 1. The Balaban J connectivity index is 1.66. The number of tetrazole rings is 1. The number of amides is 1. The molecule has 3 rings (SSSR count). The van der Waals surface area contributed by atoms with Crippen molar-refractivity contribution >= 4 is 28.1 Å². The van der Waals surface area contributed by atoms with Crippen molar-refractivity contribution in [2.45, 2.75) is 13.3 Å². The van der Waals surface area contributed by atoms with E-state index in [1.54, 1.807) is 37.4 Å². The van der Waals surface area contributed by atoms with Crippen LogP contribution in [0.3, 0.4) is 0 Å². The van der Waals surface area contributed by atoms with Gasteiger partial charge < -0.3 is 9.47 Å². The Hall–Kier alpha value is -3.27. The van der Waals surface area contributed by atoms with Gasteiger partial charge in [0.2, 0.25) is 0 Å². The van der Waals surface area contributed by atoms with Gasteiger partial charge in [-0.15, -0.1) is 5.10 Å². The van der Waals surface area contributed by atoms with Gasteiger partial charge in [-0.1, -0.05) is 6.92 Å². The van der Waals surface area contributed by atoms with Crippen molar-refractivity contribution in [2.24, 2.45) is 5.10 Å². The third kappa shape index (κ3) is 5.17. The maximum Gasteiger partial charge on any atom is 0.271 e. The fraction of sp³-hybridized carbons (Fsp3) is 0.211. The lowest BCUT2D eigenvalue weighted by Gasteiger charge is -2.12. The minimum Gasteiger partial charge on any atom is -0.493 e. The van der Waals surface area contributed by atoms with Crippen molar-refractivity contribution in [3.05, 3.63) is 58.3 Å². The number of nitrogens with one attached hydrogen (secondary N) is 1. The molecule has 1 heterocycles. The van der Waals surface area contributed by atoms with Crippen LogP contribution in [-0.2, 0) is 0 Å². The lowest BCUT2D eigenvalue weighted by atomic mass is 10.2. The SMILES string of the molecule is CCCOc1c(Br)cc(/C=N/NC(=O)c2ccc(-n3cnnn3)cc2)cc1OC. The summed E-state index contributed by atoms with van der Waals surface area (Å²) in [4.78, 5) is 12.3. The zero-order valence-corrected chi connectivity index (χ0v) is 17.5. The number of hydrogen-bond donors (Lipinski definition) is 1. The lowest BCUT2D eigenvalue weighted by Crippen LogP contribution is -2.17. The van der Waals surface area contributed by atoms with Crippen LogP contribution in [0.5, 0.6) is 11.5 Å². The van der Waals surface area contributed by atoms with Crippen LogP contribution >= 0.6 is 15.9 Å². The molecule has 0 saturated heterocycles. The van der Waals surface area contributed by atoms with E-state index < -0.39 is 0 Å². The first kappa shape index (κ1) is 20.5. The first-order valence-corrected chi connectivity index (χ1v) is 9.58. The fourth-order valence-corrected chi connectivity index (χ4v) is 3.01. The Morgan fingerprint density at radius 3 is 2.76 bits per heavy atom. The summed E-state index contributed by atoms with van der Waals surface area (Å²) in [6.07, 6.45) is 3.90. The van der Waals surface area contributed by atoms with Crippen LogP contribution in [-0.4, -0.2) is 46.0 Å². The highest BCUT2D eigenvalue weighted by molar-refractivity contribution is 9.10. The molecule has 0 spiro atoms. The number of aromatic nitrogens is 4. The van der Waals surface area contributed by atoms with Crippen LogP contribution in [0.4, 0.5) is 0 Å². The second-order valence-electron chi connectivity index (χ2n) is 5.88. The molecule has 1 N–H and O–H groups in total. The molecule has 0 atom stereocenters. The molecule has 3 aromatic rings. The fourth-order valence-electron chi connectivity index (χ4n) is 2.43. The predicted molar refractivity (Wildman–Crippen MR) is 111 cm³/mol. The molecular weight excluding hydrogens is 440 g/mol. The van der Waals surface area contributed by atoms with Crippen molar-refractivity contribution in [3.63, 3.8) is 0 Å². The molecule has 0 bridgehead atoms. The summed E-state index contributed by atoms with van der Waals surface area (Å²) in [6, 6.07) is 10.4. The van der Waals surface area contributed by atoms with Crippen LogP contribution in [0, 0.1) is 0 Å². The number of nitrogens with zero attached hydrogens (tertiary/aromatic N) is 5. The molecule has 0 unspecified atom stereocenters. The molecule has 150 valence electrons. The zero-order chi connectivity index (χ0) is 20.6. The van der Waals surface area contributed by atoms with Crippen LogP contribution in [0.2, 0.25) is 0 Å². The summed E-state index contributed by atoms with van der Waals surface area (Å²) < 4.78 is 13.3. The van der Waals surface area contributed by atoms with E-state index in [9.17, 15) is 4.79 Å². The van der Waals surface area contributed by atoms with Gasteiger partial charge in [0.05, 0.1) is 30.1 Å². The molecule has 29 heavy (non-hydrogen) atoms.